The van der Waals surface area contributed by atoms with Gasteiger partial charge in [-0.2, -0.15) is 0 Å². The maximum atomic E-state index is 12.8. The van der Waals surface area contributed by atoms with Crippen molar-refractivity contribution in [1.29, 1.82) is 0 Å². The standard InChI is InChI=1S/C20H14ClN3O4/c21-15-4-2-1-3-11(15)9-12-7-8-24-17(12)23-16-10-13(22-18(25)20(27)28)5-6-14(16)19(24)26/h1-6,9-10H,7-8H2,(H,22,25)(H,27,28). The number of amides is 1. The number of nitrogens with zero attached hydrogens (tertiary/aromatic N) is 2. The molecule has 0 bridgehead atoms. The quantitative estimate of drug-likeness (QED) is 0.649. The fourth-order valence-corrected chi connectivity index (χ4v) is 3.39. The largest absolute Gasteiger partial charge is 0.474 e. The van der Waals surface area contributed by atoms with E-state index < -0.39 is 11.9 Å². The van der Waals surface area contributed by atoms with Crippen molar-refractivity contribution < 1.29 is 14.7 Å². The van der Waals surface area contributed by atoms with Gasteiger partial charge in [-0.05, 0) is 47.9 Å². The number of carbonyl (C=O) groups excluding carboxylic acids is 1. The molecule has 0 saturated carbocycles. The maximum absolute atomic E-state index is 12.8. The Kier molecular flexibility index (Phi) is 4.44. The van der Waals surface area contributed by atoms with Crippen LogP contribution in [-0.4, -0.2) is 26.5 Å². The first-order chi connectivity index (χ1) is 13.4. The first kappa shape index (κ1) is 17.9. The van der Waals surface area contributed by atoms with Gasteiger partial charge in [0.05, 0.1) is 10.9 Å². The first-order valence-electron chi connectivity index (χ1n) is 8.48. The van der Waals surface area contributed by atoms with Gasteiger partial charge in [0.1, 0.15) is 5.82 Å². The number of aromatic nitrogens is 2. The Morgan fingerprint density at radius 1 is 1.21 bits per heavy atom. The summed E-state index contributed by atoms with van der Waals surface area (Å²) in [5, 5.41) is 12.0. The van der Waals surface area contributed by atoms with Gasteiger partial charge in [-0.15, -0.1) is 0 Å². The lowest BCUT2D eigenvalue weighted by Gasteiger charge is -2.08. The van der Waals surface area contributed by atoms with Crippen LogP contribution in [0.3, 0.4) is 0 Å². The fraction of sp³-hybridized carbons (Fsp3) is 0.100. The van der Waals surface area contributed by atoms with Crippen LogP contribution in [-0.2, 0) is 16.1 Å². The number of nitrogens with one attached hydrogen (secondary N) is 1. The number of hydrogen-bond donors (Lipinski definition) is 2. The number of aliphatic carboxylic acids is 1. The summed E-state index contributed by atoms with van der Waals surface area (Å²) in [4.78, 5) is 39.5. The second kappa shape index (κ2) is 6.94. The average Bonchev–Trinajstić information content (AvgIpc) is 3.06. The Labute approximate surface area is 163 Å². The molecule has 28 heavy (non-hydrogen) atoms. The predicted octanol–water partition coefficient (Wildman–Crippen LogP) is 3.02. The lowest BCUT2D eigenvalue weighted by Crippen LogP contribution is -2.23. The summed E-state index contributed by atoms with van der Waals surface area (Å²) in [7, 11) is 0. The van der Waals surface area contributed by atoms with E-state index in [1.807, 2.05) is 24.3 Å². The van der Waals surface area contributed by atoms with Crippen molar-refractivity contribution in [2.24, 2.45) is 0 Å². The minimum Gasteiger partial charge on any atom is -0.474 e. The van der Waals surface area contributed by atoms with Crippen LogP contribution >= 0.6 is 11.6 Å². The molecule has 0 radical (unpaired) electrons. The molecule has 0 spiro atoms. The number of carbonyl (C=O) groups is 2. The van der Waals surface area contributed by atoms with E-state index in [4.69, 9.17) is 16.7 Å². The number of allylic oxidation sites excluding steroid dienone is 1. The van der Waals surface area contributed by atoms with Gasteiger partial charge in [-0.3, -0.25) is 14.2 Å². The molecule has 3 aromatic rings. The Morgan fingerprint density at radius 3 is 2.75 bits per heavy atom. The highest BCUT2D eigenvalue weighted by atomic mass is 35.5. The summed E-state index contributed by atoms with van der Waals surface area (Å²) >= 11 is 6.23. The van der Waals surface area contributed by atoms with E-state index in [9.17, 15) is 14.4 Å². The lowest BCUT2D eigenvalue weighted by atomic mass is 10.1. The summed E-state index contributed by atoms with van der Waals surface area (Å²) < 4.78 is 1.61. The highest BCUT2D eigenvalue weighted by molar-refractivity contribution is 6.36. The van der Waals surface area contributed by atoms with Gasteiger partial charge >= 0.3 is 11.9 Å². The van der Waals surface area contributed by atoms with E-state index in [2.05, 4.69) is 10.3 Å². The molecule has 1 aromatic heterocycles. The van der Waals surface area contributed by atoms with Crippen molar-refractivity contribution in [2.45, 2.75) is 13.0 Å². The van der Waals surface area contributed by atoms with Crippen molar-refractivity contribution in [3.05, 3.63) is 69.2 Å². The van der Waals surface area contributed by atoms with Crippen molar-refractivity contribution in [3.8, 4) is 0 Å². The van der Waals surface area contributed by atoms with Crippen LogP contribution in [0.4, 0.5) is 5.69 Å². The number of fused-ring (bicyclic) bond motifs is 2. The summed E-state index contributed by atoms with van der Waals surface area (Å²) in [5.74, 6) is -2.21. The van der Waals surface area contributed by atoms with Crippen LogP contribution in [0.25, 0.3) is 22.6 Å². The normalized spacial score (nSPS) is 14.2. The third-order valence-corrected chi connectivity index (χ3v) is 4.88. The van der Waals surface area contributed by atoms with Gasteiger partial charge in [0, 0.05) is 17.3 Å². The van der Waals surface area contributed by atoms with E-state index in [-0.39, 0.29) is 11.2 Å². The van der Waals surface area contributed by atoms with Gasteiger partial charge in [-0.25, -0.2) is 9.78 Å². The fourth-order valence-electron chi connectivity index (χ4n) is 3.20. The molecule has 0 fully saturated rings. The summed E-state index contributed by atoms with van der Waals surface area (Å²) in [6.45, 7) is 0.519. The van der Waals surface area contributed by atoms with Crippen LogP contribution in [0.5, 0.6) is 0 Å². The zero-order chi connectivity index (χ0) is 19.8. The topological polar surface area (TPSA) is 101 Å². The molecule has 1 amide bonds. The molecular weight excluding hydrogens is 382 g/mol. The summed E-state index contributed by atoms with van der Waals surface area (Å²) in [6.07, 6.45) is 2.56. The van der Waals surface area contributed by atoms with Crippen LogP contribution in [0.1, 0.15) is 17.8 Å². The van der Waals surface area contributed by atoms with E-state index in [0.29, 0.717) is 34.7 Å². The molecule has 7 nitrogen and oxygen atoms in total. The Morgan fingerprint density at radius 2 is 2.00 bits per heavy atom. The molecule has 1 aliphatic rings. The van der Waals surface area contributed by atoms with Gasteiger partial charge in [0.25, 0.3) is 5.56 Å². The molecule has 4 rings (SSSR count). The summed E-state index contributed by atoms with van der Waals surface area (Å²) in [5.41, 5.74) is 2.17. The molecule has 8 heteroatoms. The highest BCUT2D eigenvalue weighted by Gasteiger charge is 2.21. The van der Waals surface area contributed by atoms with Crippen molar-refractivity contribution in [1.82, 2.24) is 9.55 Å². The molecule has 1 aliphatic heterocycles. The van der Waals surface area contributed by atoms with E-state index in [0.717, 1.165) is 11.1 Å². The van der Waals surface area contributed by atoms with Gasteiger partial charge in [0.15, 0.2) is 0 Å². The molecule has 2 heterocycles. The van der Waals surface area contributed by atoms with Crippen molar-refractivity contribution in [2.75, 3.05) is 5.32 Å². The van der Waals surface area contributed by atoms with Crippen LogP contribution < -0.4 is 10.9 Å². The average molecular weight is 396 g/mol. The smallest absolute Gasteiger partial charge is 0.394 e. The van der Waals surface area contributed by atoms with E-state index in [1.54, 1.807) is 10.6 Å². The molecule has 2 aromatic carbocycles. The zero-order valence-corrected chi connectivity index (χ0v) is 15.2. The maximum Gasteiger partial charge on any atom is 0.394 e. The summed E-state index contributed by atoms with van der Waals surface area (Å²) in [6, 6.07) is 11.9. The predicted molar refractivity (Wildman–Crippen MR) is 106 cm³/mol. The number of hydrogen-bond acceptors (Lipinski definition) is 4. The minimum absolute atomic E-state index is 0.182. The Bertz CT molecular complexity index is 1230. The van der Waals surface area contributed by atoms with Gasteiger partial charge in [-0.1, -0.05) is 29.8 Å². The third-order valence-electron chi connectivity index (χ3n) is 4.53. The number of anilines is 1. The molecule has 0 saturated heterocycles. The minimum atomic E-state index is -1.59. The van der Waals surface area contributed by atoms with Crippen molar-refractivity contribution >= 4 is 51.7 Å². The zero-order valence-electron chi connectivity index (χ0n) is 14.5. The third kappa shape index (κ3) is 3.16. The molecule has 0 atom stereocenters. The second-order valence-electron chi connectivity index (χ2n) is 6.32. The molecule has 0 unspecified atom stereocenters. The molecule has 0 aliphatic carbocycles. The Hall–Kier alpha value is -3.45. The first-order valence-corrected chi connectivity index (χ1v) is 8.86. The SMILES string of the molecule is O=C(O)C(=O)Nc1ccc2c(=O)n3c(nc2c1)C(=Cc1ccccc1Cl)CC3. The van der Waals surface area contributed by atoms with E-state index in [1.165, 1.54) is 18.2 Å². The highest BCUT2D eigenvalue weighted by Crippen LogP contribution is 2.29. The molecule has 2 N–H and O–H groups in total. The monoisotopic (exact) mass is 395 g/mol. The van der Waals surface area contributed by atoms with Gasteiger partial charge < -0.3 is 10.4 Å². The number of halogens is 1. The number of benzene rings is 2. The van der Waals surface area contributed by atoms with Crippen molar-refractivity contribution in [3.63, 3.8) is 0 Å². The molecule has 140 valence electrons. The van der Waals surface area contributed by atoms with Crippen LogP contribution in [0, 0.1) is 0 Å². The second-order valence-corrected chi connectivity index (χ2v) is 6.73. The molecular formula is C20H14ClN3O4. The number of carboxylic acid groups (broad SMARTS) is 1. The number of carboxylic acids is 1. The van der Waals surface area contributed by atoms with Crippen LogP contribution in [0.2, 0.25) is 5.02 Å². The van der Waals surface area contributed by atoms with Crippen LogP contribution in [0.15, 0.2) is 47.3 Å². The Balaban J connectivity index is 1.81. The number of rotatable bonds is 2. The van der Waals surface area contributed by atoms with E-state index >= 15 is 0 Å². The lowest BCUT2D eigenvalue weighted by molar-refractivity contribution is -0.147. The van der Waals surface area contributed by atoms with Gasteiger partial charge in [0.2, 0.25) is 0 Å².